The first-order chi connectivity index (χ1) is 14.4. The number of nitrogens with one attached hydrogen (secondary N) is 4. The highest BCUT2D eigenvalue weighted by Crippen LogP contribution is 2.12. The van der Waals surface area contributed by atoms with Crippen LogP contribution in [0.15, 0.2) is 54.6 Å². The molecule has 1 aliphatic heterocycles. The highest BCUT2D eigenvalue weighted by molar-refractivity contribution is 8.00. The van der Waals surface area contributed by atoms with Crippen molar-refractivity contribution in [3.63, 3.8) is 0 Å². The summed E-state index contributed by atoms with van der Waals surface area (Å²) in [6.07, 6.45) is -0.903. The minimum atomic E-state index is -1.08. The second-order valence-corrected chi connectivity index (χ2v) is 7.68. The summed E-state index contributed by atoms with van der Waals surface area (Å²) in [6, 6.07) is 13.9. The molecule has 1 aliphatic rings. The summed E-state index contributed by atoms with van der Waals surface area (Å²) in [5.41, 5.74) is 6.18. The fourth-order valence-electron chi connectivity index (χ4n) is 2.81. The molecule has 3 rings (SSSR count). The van der Waals surface area contributed by atoms with E-state index < -0.39 is 35.3 Å². The number of thioether (sulfide) groups is 1. The number of halogens is 1. The van der Waals surface area contributed by atoms with Crippen LogP contribution in [-0.4, -0.2) is 41.2 Å². The number of hydrogen-bond acceptors (Lipinski definition) is 6. The molecule has 2 aromatic rings. The molecule has 1 fully saturated rings. The molecule has 3 amide bonds. The molecular weight excluding hydrogens is 409 g/mol. The lowest BCUT2D eigenvalue weighted by atomic mass is 10.1. The number of amides is 3. The van der Waals surface area contributed by atoms with Gasteiger partial charge in [0.1, 0.15) is 17.4 Å². The van der Waals surface area contributed by atoms with E-state index in [-0.39, 0.29) is 17.2 Å². The third-order valence-corrected chi connectivity index (χ3v) is 5.39. The van der Waals surface area contributed by atoms with E-state index in [9.17, 15) is 18.8 Å². The average molecular weight is 431 g/mol. The van der Waals surface area contributed by atoms with Crippen molar-refractivity contribution in [1.29, 1.82) is 0 Å². The van der Waals surface area contributed by atoms with Crippen molar-refractivity contribution in [1.82, 2.24) is 21.3 Å². The minimum Gasteiger partial charge on any atom is -0.351 e. The second-order valence-electron chi connectivity index (χ2n) is 6.59. The Hall–Kier alpha value is -2.95. The second kappa shape index (κ2) is 10.2. The summed E-state index contributed by atoms with van der Waals surface area (Å²) in [5.74, 6) is -2.04. The number of carbonyl (C=O) groups is 3. The van der Waals surface area contributed by atoms with Gasteiger partial charge in [-0.2, -0.15) is 0 Å². The van der Waals surface area contributed by atoms with E-state index in [4.69, 9.17) is 5.73 Å². The van der Waals surface area contributed by atoms with Crippen LogP contribution in [-0.2, 0) is 16.1 Å². The lowest BCUT2D eigenvalue weighted by Crippen LogP contribution is -2.70. The SMILES string of the molecule is NC1NC(SCC(=O)NCc2ccccc2)NC(=O)C1NC(=O)c1ccccc1F. The fraction of sp³-hybridized carbons (Fsp3) is 0.250. The highest BCUT2D eigenvalue weighted by Gasteiger charge is 2.35. The van der Waals surface area contributed by atoms with Crippen LogP contribution in [0.3, 0.4) is 0 Å². The number of nitrogens with two attached hydrogens (primary N) is 1. The third kappa shape index (κ3) is 5.78. The largest absolute Gasteiger partial charge is 0.351 e. The molecule has 8 nitrogen and oxygen atoms in total. The zero-order chi connectivity index (χ0) is 21.5. The number of hydrogen-bond donors (Lipinski definition) is 5. The van der Waals surface area contributed by atoms with Crippen LogP contribution in [0, 0.1) is 5.82 Å². The first-order valence-electron chi connectivity index (χ1n) is 9.23. The monoisotopic (exact) mass is 431 g/mol. The molecular formula is C20H22FN5O3S. The molecule has 3 atom stereocenters. The standard InChI is InChI=1S/C20H22FN5O3S/c21-14-9-5-4-8-13(14)18(28)24-16-17(22)25-20(26-19(16)29)30-11-15(27)23-10-12-6-2-1-3-7-12/h1-9,16-17,20,25H,10-11,22H2,(H,23,27)(H,24,28)(H,26,29). The molecule has 2 aromatic carbocycles. The van der Waals surface area contributed by atoms with Gasteiger partial charge in [-0.25, -0.2) is 4.39 Å². The van der Waals surface area contributed by atoms with Crippen molar-refractivity contribution in [2.75, 3.05) is 5.75 Å². The van der Waals surface area contributed by atoms with E-state index in [1.165, 1.54) is 18.2 Å². The molecule has 10 heteroatoms. The molecule has 158 valence electrons. The predicted octanol–water partition coefficient (Wildman–Crippen LogP) is 0.262. The maximum Gasteiger partial charge on any atom is 0.254 e. The third-order valence-electron chi connectivity index (χ3n) is 4.38. The highest BCUT2D eigenvalue weighted by atomic mass is 32.2. The molecule has 0 spiro atoms. The zero-order valence-electron chi connectivity index (χ0n) is 15.9. The van der Waals surface area contributed by atoms with E-state index in [2.05, 4.69) is 21.3 Å². The normalized spacial score (nSPS) is 20.9. The summed E-state index contributed by atoms with van der Waals surface area (Å²) < 4.78 is 13.7. The van der Waals surface area contributed by atoms with Crippen LogP contribution < -0.4 is 27.0 Å². The summed E-state index contributed by atoms with van der Waals surface area (Å²) in [6.45, 7) is 0.411. The molecule has 30 heavy (non-hydrogen) atoms. The van der Waals surface area contributed by atoms with Crippen LogP contribution in [0.2, 0.25) is 0 Å². The molecule has 3 unspecified atom stereocenters. The van der Waals surface area contributed by atoms with Crippen LogP contribution in [0.1, 0.15) is 15.9 Å². The van der Waals surface area contributed by atoms with Gasteiger partial charge in [0.2, 0.25) is 11.8 Å². The van der Waals surface area contributed by atoms with Crippen LogP contribution >= 0.6 is 11.8 Å². The molecule has 0 bridgehead atoms. The lowest BCUT2D eigenvalue weighted by Gasteiger charge is -2.35. The Balaban J connectivity index is 1.46. The van der Waals surface area contributed by atoms with Gasteiger partial charge >= 0.3 is 0 Å². The Morgan fingerprint density at radius 3 is 2.50 bits per heavy atom. The number of benzene rings is 2. The molecule has 0 saturated carbocycles. The number of rotatable bonds is 7. The molecule has 0 aromatic heterocycles. The average Bonchev–Trinajstić information content (AvgIpc) is 2.74. The van der Waals surface area contributed by atoms with E-state index in [0.717, 1.165) is 23.4 Å². The number of carbonyl (C=O) groups excluding carboxylic acids is 3. The van der Waals surface area contributed by atoms with E-state index in [0.29, 0.717) is 6.54 Å². The Labute approximate surface area is 177 Å². The first kappa shape index (κ1) is 21.8. The van der Waals surface area contributed by atoms with Crippen molar-refractivity contribution in [3.05, 3.63) is 71.5 Å². The molecule has 0 aliphatic carbocycles. The topological polar surface area (TPSA) is 125 Å². The van der Waals surface area contributed by atoms with Crippen molar-refractivity contribution in [2.45, 2.75) is 24.3 Å². The van der Waals surface area contributed by atoms with Gasteiger partial charge in [0, 0.05) is 6.54 Å². The maximum atomic E-state index is 13.7. The Kier molecular flexibility index (Phi) is 7.39. The molecule has 0 radical (unpaired) electrons. The Morgan fingerprint density at radius 1 is 1.10 bits per heavy atom. The summed E-state index contributed by atoms with van der Waals surface area (Å²) in [4.78, 5) is 36.6. The van der Waals surface area contributed by atoms with Gasteiger partial charge in [0.05, 0.1) is 17.5 Å². The predicted molar refractivity (Wildman–Crippen MR) is 111 cm³/mol. The van der Waals surface area contributed by atoms with Gasteiger partial charge in [-0.3, -0.25) is 19.7 Å². The summed E-state index contributed by atoms with van der Waals surface area (Å²) >= 11 is 1.16. The summed E-state index contributed by atoms with van der Waals surface area (Å²) in [7, 11) is 0. The lowest BCUT2D eigenvalue weighted by molar-refractivity contribution is -0.126. The van der Waals surface area contributed by atoms with Gasteiger partial charge in [-0.15, -0.1) is 11.8 Å². The maximum absolute atomic E-state index is 13.7. The van der Waals surface area contributed by atoms with Crippen molar-refractivity contribution in [3.8, 4) is 0 Å². The first-order valence-corrected chi connectivity index (χ1v) is 10.3. The van der Waals surface area contributed by atoms with Crippen LogP contribution in [0.4, 0.5) is 4.39 Å². The van der Waals surface area contributed by atoms with Gasteiger partial charge < -0.3 is 21.7 Å². The van der Waals surface area contributed by atoms with Gasteiger partial charge in [0.15, 0.2) is 0 Å². The van der Waals surface area contributed by atoms with Gasteiger partial charge in [0.25, 0.3) is 5.91 Å². The quantitative estimate of drug-likeness (QED) is 0.428. The van der Waals surface area contributed by atoms with Crippen molar-refractivity contribution < 1.29 is 18.8 Å². The smallest absolute Gasteiger partial charge is 0.254 e. The Bertz CT molecular complexity index is 914. The Morgan fingerprint density at radius 2 is 1.80 bits per heavy atom. The van der Waals surface area contributed by atoms with Crippen LogP contribution in [0.25, 0.3) is 0 Å². The van der Waals surface area contributed by atoms with Crippen molar-refractivity contribution >= 4 is 29.5 Å². The van der Waals surface area contributed by atoms with Crippen molar-refractivity contribution in [2.24, 2.45) is 5.73 Å². The van der Waals surface area contributed by atoms with Gasteiger partial charge in [-0.1, -0.05) is 42.5 Å². The minimum absolute atomic E-state index is 0.101. The molecule has 1 heterocycles. The fourth-order valence-corrected chi connectivity index (χ4v) is 3.68. The van der Waals surface area contributed by atoms with E-state index >= 15 is 0 Å². The van der Waals surface area contributed by atoms with Crippen LogP contribution in [0.5, 0.6) is 0 Å². The summed E-state index contributed by atoms with van der Waals surface area (Å²) in [5, 5.41) is 10.8. The van der Waals surface area contributed by atoms with E-state index in [1.54, 1.807) is 0 Å². The van der Waals surface area contributed by atoms with Gasteiger partial charge in [-0.05, 0) is 17.7 Å². The van der Waals surface area contributed by atoms with E-state index in [1.807, 2.05) is 30.3 Å². The molecule has 6 N–H and O–H groups in total. The zero-order valence-corrected chi connectivity index (χ0v) is 16.7. The molecule has 1 saturated heterocycles.